The van der Waals surface area contributed by atoms with Crippen LogP contribution in [0.15, 0.2) is 52.3 Å². The Morgan fingerprint density at radius 3 is 2.52 bits per heavy atom. The molecule has 0 aliphatic carbocycles. The van der Waals surface area contributed by atoms with Gasteiger partial charge in [0, 0.05) is 31.9 Å². The first-order chi connectivity index (χ1) is 11.4. The minimum Gasteiger partial charge on any atom is -0.419 e. The van der Waals surface area contributed by atoms with Crippen LogP contribution in [0.2, 0.25) is 0 Å². The first-order valence-electron chi connectivity index (χ1n) is 7.77. The Bertz CT molecular complexity index is 733. The van der Waals surface area contributed by atoms with E-state index in [0.717, 1.165) is 37.6 Å². The van der Waals surface area contributed by atoms with Gasteiger partial charge in [-0.25, -0.2) is 0 Å². The maximum absolute atomic E-state index is 5.78. The summed E-state index contributed by atoms with van der Waals surface area (Å²) in [6.45, 7) is 4.78. The van der Waals surface area contributed by atoms with Crippen LogP contribution in [0.5, 0.6) is 0 Å². The number of nitrogens with zero attached hydrogens (tertiary/aromatic N) is 4. The summed E-state index contributed by atoms with van der Waals surface area (Å²) in [5.41, 5.74) is 1.30. The van der Waals surface area contributed by atoms with E-state index in [-0.39, 0.29) is 0 Å². The summed E-state index contributed by atoms with van der Waals surface area (Å²) in [4.78, 5) is 5.81. The molecule has 0 radical (unpaired) electrons. The van der Waals surface area contributed by atoms with Crippen LogP contribution in [-0.4, -0.2) is 41.3 Å². The van der Waals surface area contributed by atoms with E-state index in [0.29, 0.717) is 11.8 Å². The number of hydrogen-bond acceptors (Lipinski definition) is 6. The summed E-state index contributed by atoms with van der Waals surface area (Å²) in [6, 6.07) is 14.6. The van der Waals surface area contributed by atoms with E-state index >= 15 is 0 Å². The summed E-state index contributed by atoms with van der Waals surface area (Å²) in [5, 5.41) is 10.3. The molecule has 1 aliphatic heterocycles. The first kappa shape index (κ1) is 14.4. The van der Waals surface area contributed by atoms with Gasteiger partial charge in [0.15, 0.2) is 0 Å². The molecule has 6 heteroatoms. The molecule has 0 spiro atoms. The average molecular weight is 326 g/mol. The highest BCUT2D eigenvalue weighted by molar-refractivity contribution is 7.13. The van der Waals surface area contributed by atoms with Crippen molar-refractivity contribution >= 4 is 17.0 Å². The van der Waals surface area contributed by atoms with E-state index in [1.54, 1.807) is 11.3 Å². The van der Waals surface area contributed by atoms with Gasteiger partial charge in [0.25, 0.3) is 5.89 Å². The van der Waals surface area contributed by atoms with Crippen molar-refractivity contribution in [2.45, 2.75) is 6.54 Å². The summed E-state index contributed by atoms with van der Waals surface area (Å²) in [7, 11) is 0. The molecule has 0 saturated carbocycles. The standard InChI is InChI=1S/C17H18N4OS/c1-2-5-14(6-3-1)21-10-8-20(9-11-21)13-16-18-19-17(22-16)15-7-4-12-23-15/h1-7,12H,8-11,13H2. The predicted molar refractivity (Wildman–Crippen MR) is 91.5 cm³/mol. The summed E-state index contributed by atoms with van der Waals surface area (Å²) in [5.74, 6) is 1.32. The fraction of sp³-hybridized carbons (Fsp3) is 0.294. The number of piperazine rings is 1. The van der Waals surface area contributed by atoms with Crippen molar-refractivity contribution in [1.29, 1.82) is 0 Å². The maximum Gasteiger partial charge on any atom is 0.257 e. The second-order valence-electron chi connectivity index (χ2n) is 5.58. The third-order valence-corrected chi connectivity index (χ3v) is 4.91. The number of anilines is 1. The molecule has 118 valence electrons. The highest BCUT2D eigenvalue weighted by Gasteiger charge is 2.19. The van der Waals surface area contributed by atoms with E-state index in [9.17, 15) is 0 Å². The molecule has 3 aromatic rings. The predicted octanol–water partition coefficient (Wildman–Crippen LogP) is 3.12. The topological polar surface area (TPSA) is 45.4 Å². The van der Waals surface area contributed by atoms with Crippen molar-refractivity contribution in [1.82, 2.24) is 15.1 Å². The van der Waals surface area contributed by atoms with Gasteiger partial charge < -0.3 is 9.32 Å². The zero-order chi connectivity index (χ0) is 15.5. The summed E-state index contributed by atoms with van der Waals surface area (Å²) in [6.07, 6.45) is 0. The average Bonchev–Trinajstić information content (AvgIpc) is 3.28. The molecule has 0 amide bonds. The van der Waals surface area contributed by atoms with Crippen LogP contribution in [0.1, 0.15) is 5.89 Å². The molecule has 3 heterocycles. The van der Waals surface area contributed by atoms with Crippen LogP contribution in [0, 0.1) is 0 Å². The molecule has 23 heavy (non-hydrogen) atoms. The van der Waals surface area contributed by atoms with Crippen LogP contribution in [0.3, 0.4) is 0 Å². The van der Waals surface area contributed by atoms with Gasteiger partial charge in [-0.15, -0.1) is 21.5 Å². The van der Waals surface area contributed by atoms with E-state index in [1.807, 2.05) is 17.5 Å². The lowest BCUT2D eigenvalue weighted by Gasteiger charge is -2.35. The second-order valence-corrected chi connectivity index (χ2v) is 6.52. The highest BCUT2D eigenvalue weighted by atomic mass is 32.1. The van der Waals surface area contributed by atoms with E-state index in [1.165, 1.54) is 5.69 Å². The zero-order valence-electron chi connectivity index (χ0n) is 12.8. The summed E-state index contributed by atoms with van der Waals surface area (Å²) < 4.78 is 5.78. The van der Waals surface area contributed by atoms with Crippen LogP contribution in [-0.2, 0) is 6.54 Å². The molecule has 0 bridgehead atoms. The zero-order valence-corrected chi connectivity index (χ0v) is 13.6. The van der Waals surface area contributed by atoms with Crippen LogP contribution >= 0.6 is 11.3 Å². The van der Waals surface area contributed by atoms with Crippen molar-refractivity contribution < 1.29 is 4.42 Å². The molecule has 2 aromatic heterocycles. The quantitative estimate of drug-likeness (QED) is 0.737. The fourth-order valence-electron chi connectivity index (χ4n) is 2.81. The number of hydrogen-bond donors (Lipinski definition) is 0. The number of benzene rings is 1. The van der Waals surface area contributed by atoms with Crippen molar-refractivity contribution in [2.24, 2.45) is 0 Å². The Kier molecular flexibility index (Phi) is 4.08. The molecular weight excluding hydrogens is 308 g/mol. The number of thiophene rings is 1. The summed E-state index contributed by atoms with van der Waals surface area (Å²) >= 11 is 1.62. The minimum atomic E-state index is 0.623. The van der Waals surface area contributed by atoms with E-state index < -0.39 is 0 Å². The van der Waals surface area contributed by atoms with E-state index in [4.69, 9.17) is 4.42 Å². The van der Waals surface area contributed by atoms with Gasteiger partial charge in [0.2, 0.25) is 5.89 Å². The first-order valence-corrected chi connectivity index (χ1v) is 8.65. The number of aromatic nitrogens is 2. The van der Waals surface area contributed by atoms with Gasteiger partial charge in [-0.05, 0) is 23.6 Å². The van der Waals surface area contributed by atoms with Gasteiger partial charge in [0.1, 0.15) is 0 Å². The minimum absolute atomic E-state index is 0.623. The highest BCUT2D eigenvalue weighted by Crippen LogP contribution is 2.23. The van der Waals surface area contributed by atoms with Crippen molar-refractivity contribution in [3.63, 3.8) is 0 Å². The largest absolute Gasteiger partial charge is 0.419 e. The normalized spacial score (nSPS) is 15.9. The van der Waals surface area contributed by atoms with Crippen LogP contribution < -0.4 is 4.90 Å². The van der Waals surface area contributed by atoms with Gasteiger partial charge in [-0.2, -0.15) is 0 Å². The van der Waals surface area contributed by atoms with Crippen LogP contribution in [0.25, 0.3) is 10.8 Å². The lowest BCUT2D eigenvalue weighted by atomic mass is 10.2. The van der Waals surface area contributed by atoms with Crippen molar-refractivity contribution in [3.05, 3.63) is 53.7 Å². The molecule has 1 aromatic carbocycles. The van der Waals surface area contributed by atoms with Gasteiger partial charge in [-0.1, -0.05) is 24.3 Å². The third-order valence-electron chi connectivity index (χ3n) is 4.05. The van der Waals surface area contributed by atoms with Gasteiger partial charge >= 0.3 is 0 Å². The molecule has 1 aliphatic rings. The molecule has 0 N–H and O–H groups in total. The molecule has 0 atom stereocenters. The van der Waals surface area contributed by atoms with Gasteiger partial charge in [0.05, 0.1) is 11.4 Å². The van der Waals surface area contributed by atoms with E-state index in [2.05, 4.69) is 50.3 Å². The second kappa shape index (κ2) is 6.52. The Hall–Kier alpha value is -2.18. The monoisotopic (exact) mass is 326 g/mol. The van der Waals surface area contributed by atoms with Gasteiger partial charge in [-0.3, -0.25) is 4.90 Å². The van der Waals surface area contributed by atoms with Crippen molar-refractivity contribution in [3.8, 4) is 10.8 Å². The number of para-hydroxylation sites is 1. The Morgan fingerprint density at radius 1 is 0.957 bits per heavy atom. The third kappa shape index (κ3) is 3.28. The lowest BCUT2D eigenvalue weighted by Crippen LogP contribution is -2.46. The Balaban J connectivity index is 1.35. The molecule has 0 unspecified atom stereocenters. The van der Waals surface area contributed by atoms with Crippen molar-refractivity contribution in [2.75, 3.05) is 31.1 Å². The molecular formula is C17H18N4OS. The molecule has 5 nitrogen and oxygen atoms in total. The Morgan fingerprint density at radius 2 is 1.78 bits per heavy atom. The lowest BCUT2D eigenvalue weighted by molar-refractivity contribution is 0.227. The smallest absolute Gasteiger partial charge is 0.257 e. The fourth-order valence-corrected chi connectivity index (χ4v) is 3.46. The molecule has 4 rings (SSSR count). The van der Waals surface area contributed by atoms with Crippen LogP contribution in [0.4, 0.5) is 5.69 Å². The maximum atomic E-state index is 5.78. The number of rotatable bonds is 4. The Labute approximate surface area is 139 Å². The molecule has 1 fully saturated rings. The SMILES string of the molecule is c1ccc(N2CCN(Cc3nnc(-c4cccs4)o3)CC2)cc1. The molecule has 1 saturated heterocycles.